The first-order valence-corrected chi connectivity index (χ1v) is 7.62. The second kappa shape index (κ2) is 8.10. The van der Waals surface area contributed by atoms with Gasteiger partial charge in [0.1, 0.15) is 5.82 Å². The van der Waals surface area contributed by atoms with Crippen LogP contribution < -0.4 is 16.0 Å². The van der Waals surface area contributed by atoms with Crippen molar-refractivity contribution in [1.29, 1.82) is 0 Å². The zero-order chi connectivity index (χ0) is 17.5. The topological polar surface area (TPSA) is 70.2 Å². The Morgan fingerprint density at radius 3 is 2.54 bits per heavy atom. The van der Waals surface area contributed by atoms with E-state index in [0.717, 1.165) is 5.56 Å². The molecule has 5 nitrogen and oxygen atoms in total. The molecule has 0 radical (unpaired) electrons. The van der Waals surface area contributed by atoms with Gasteiger partial charge in [-0.25, -0.2) is 9.18 Å². The number of carbonyl (C=O) groups excluding carboxylic acids is 2. The summed E-state index contributed by atoms with van der Waals surface area (Å²) in [5.41, 5.74) is 2.66. The monoisotopic (exact) mass is 329 g/mol. The van der Waals surface area contributed by atoms with E-state index in [1.807, 2.05) is 6.92 Å². The maximum atomic E-state index is 13.5. The van der Waals surface area contributed by atoms with Gasteiger partial charge in [0.25, 0.3) is 0 Å². The summed E-state index contributed by atoms with van der Waals surface area (Å²) in [6, 6.07) is 11.3. The number of nitrogens with one attached hydrogen (secondary N) is 3. The molecule has 0 fully saturated rings. The summed E-state index contributed by atoms with van der Waals surface area (Å²) in [5, 5.41) is 8.07. The fourth-order valence-electron chi connectivity index (χ4n) is 2.21. The number of hydrogen-bond donors (Lipinski definition) is 3. The van der Waals surface area contributed by atoms with Crippen molar-refractivity contribution in [3.63, 3.8) is 0 Å². The number of aryl methyl sites for hydroxylation is 1. The first kappa shape index (κ1) is 17.5. The highest BCUT2D eigenvalue weighted by atomic mass is 19.1. The Hall–Kier alpha value is -2.89. The second-order valence-electron chi connectivity index (χ2n) is 5.43. The summed E-state index contributed by atoms with van der Waals surface area (Å²) in [5.74, 6) is -0.456. The molecule has 126 valence electrons. The van der Waals surface area contributed by atoms with Crippen LogP contribution in [0.15, 0.2) is 42.5 Å². The second-order valence-corrected chi connectivity index (χ2v) is 5.43. The van der Waals surface area contributed by atoms with Crippen molar-refractivity contribution in [2.24, 2.45) is 0 Å². The minimum absolute atomic E-state index is 0.176. The van der Waals surface area contributed by atoms with Crippen LogP contribution in [0, 0.1) is 12.7 Å². The summed E-state index contributed by atoms with van der Waals surface area (Å²) in [4.78, 5) is 23.1. The van der Waals surface area contributed by atoms with Gasteiger partial charge in [0.15, 0.2) is 0 Å². The number of benzene rings is 2. The van der Waals surface area contributed by atoms with E-state index in [0.29, 0.717) is 29.9 Å². The minimum atomic E-state index is -0.385. The highest BCUT2D eigenvalue weighted by Crippen LogP contribution is 2.20. The fraction of sp³-hybridized carbons (Fsp3) is 0.222. The van der Waals surface area contributed by atoms with Crippen LogP contribution in [0.3, 0.4) is 0 Å². The van der Waals surface area contributed by atoms with Gasteiger partial charge in [-0.2, -0.15) is 0 Å². The van der Waals surface area contributed by atoms with Gasteiger partial charge in [-0.15, -0.1) is 0 Å². The van der Waals surface area contributed by atoms with Crippen molar-refractivity contribution in [3.05, 3.63) is 59.4 Å². The highest BCUT2D eigenvalue weighted by molar-refractivity contribution is 5.93. The summed E-state index contributed by atoms with van der Waals surface area (Å²) < 4.78 is 13.5. The fourth-order valence-corrected chi connectivity index (χ4v) is 2.21. The summed E-state index contributed by atoms with van der Waals surface area (Å²) >= 11 is 0. The third-order valence-electron chi connectivity index (χ3n) is 3.44. The van der Waals surface area contributed by atoms with Gasteiger partial charge >= 0.3 is 6.03 Å². The maximum Gasteiger partial charge on any atom is 0.319 e. The number of urea groups is 1. The van der Waals surface area contributed by atoms with E-state index in [2.05, 4.69) is 16.0 Å². The molecule has 0 aliphatic heterocycles. The molecule has 2 aromatic rings. The van der Waals surface area contributed by atoms with Crippen LogP contribution in [0.25, 0.3) is 0 Å². The van der Waals surface area contributed by atoms with Crippen molar-refractivity contribution in [2.45, 2.75) is 20.3 Å². The lowest BCUT2D eigenvalue weighted by Gasteiger charge is -2.11. The van der Waals surface area contributed by atoms with Crippen molar-refractivity contribution < 1.29 is 14.0 Å². The molecule has 24 heavy (non-hydrogen) atoms. The zero-order valence-corrected chi connectivity index (χ0v) is 13.7. The van der Waals surface area contributed by atoms with E-state index in [-0.39, 0.29) is 17.8 Å². The van der Waals surface area contributed by atoms with Gasteiger partial charge in [-0.05, 0) is 42.7 Å². The first-order chi connectivity index (χ1) is 11.5. The Morgan fingerprint density at radius 1 is 1.08 bits per heavy atom. The number of amides is 3. The molecule has 0 atom stereocenters. The van der Waals surface area contributed by atoms with Gasteiger partial charge in [-0.1, -0.05) is 24.3 Å². The Labute approximate surface area is 140 Å². The van der Waals surface area contributed by atoms with Crippen LogP contribution in [-0.4, -0.2) is 18.5 Å². The number of rotatable bonds is 5. The van der Waals surface area contributed by atoms with Crippen LogP contribution >= 0.6 is 0 Å². The normalized spacial score (nSPS) is 10.1. The predicted molar refractivity (Wildman–Crippen MR) is 92.6 cm³/mol. The van der Waals surface area contributed by atoms with Crippen LogP contribution in [0.5, 0.6) is 0 Å². The Kier molecular flexibility index (Phi) is 5.89. The quantitative estimate of drug-likeness (QED) is 0.786. The van der Waals surface area contributed by atoms with Crippen molar-refractivity contribution in [1.82, 2.24) is 5.32 Å². The third kappa shape index (κ3) is 5.08. The van der Waals surface area contributed by atoms with Gasteiger partial charge < -0.3 is 16.0 Å². The standard InChI is InChI=1S/C18H20FN3O2/c1-12-7-8-15(11-17(12)21-13(2)23)22-18(24)20-10-9-14-5-3-4-6-16(14)19/h3-8,11H,9-10H2,1-2H3,(H,21,23)(H2,20,22,24). The molecule has 3 N–H and O–H groups in total. The summed E-state index contributed by atoms with van der Waals surface area (Å²) in [6.45, 7) is 3.61. The number of carbonyl (C=O) groups is 2. The summed E-state index contributed by atoms with van der Waals surface area (Å²) in [6.07, 6.45) is 0.408. The van der Waals surface area contributed by atoms with Gasteiger partial charge in [-0.3, -0.25) is 4.79 Å². The smallest absolute Gasteiger partial charge is 0.319 e. The van der Waals surface area contributed by atoms with Crippen LogP contribution in [0.2, 0.25) is 0 Å². The van der Waals surface area contributed by atoms with E-state index in [1.54, 1.807) is 36.4 Å². The van der Waals surface area contributed by atoms with Crippen LogP contribution in [-0.2, 0) is 11.2 Å². The first-order valence-electron chi connectivity index (χ1n) is 7.62. The van der Waals surface area contributed by atoms with Crippen LogP contribution in [0.1, 0.15) is 18.1 Å². The molecule has 0 aromatic heterocycles. The van der Waals surface area contributed by atoms with Crippen molar-refractivity contribution >= 4 is 23.3 Å². The van der Waals surface area contributed by atoms with E-state index in [9.17, 15) is 14.0 Å². The molecule has 0 saturated heterocycles. The molecule has 0 bridgehead atoms. The molecule has 3 amide bonds. The number of halogens is 1. The maximum absolute atomic E-state index is 13.5. The number of anilines is 2. The van der Waals surface area contributed by atoms with Gasteiger partial charge in [0.2, 0.25) is 5.91 Å². The molecule has 0 aliphatic carbocycles. The van der Waals surface area contributed by atoms with Gasteiger partial charge in [0, 0.05) is 24.8 Å². The average molecular weight is 329 g/mol. The third-order valence-corrected chi connectivity index (χ3v) is 3.44. The van der Waals surface area contributed by atoms with E-state index in [4.69, 9.17) is 0 Å². The Balaban J connectivity index is 1.88. The molecule has 0 saturated carbocycles. The highest BCUT2D eigenvalue weighted by Gasteiger charge is 2.06. The largest absolute Gasteiger partial charge is 0.338 e. The predicted octanol–water partition coefficient (Wildman–Crippen LogP) is 3.46. The molecule has 0 heterocycles. The zero-order valence-electron chi connectivity index (χ0n) is 13.7. The lowest BCUT2D eigenvalue weighted by atomic mass is 10.1. The SMILES string of the molecule is CC(=O)Nc1cc(NC(=O)NCCc2ccccc2F)ccc1C. The molecular formula is C18H20FN3O2. The Bertz CT molecular complexity index is 747. The van der Waals surface area contributed by atoms with Crippen LogP contribution in [0.4, 0.5) is 20.6 Å². The minimum Gasteiger partial charge on any atom is -0.338 e. The van der Waals surface area contributed by atoms with Gasteiger partial charge in [0.05, 0.1) is 0 Å². The Morgan fingerprint density at radius 2 is 1.83 bits per heavy atom. The number of hydrogen-bond acceptors (Lipinski definition) is 2. The van der Waals surface area contributed by atoms with Crippen molar-refractivity contribution in [3.8, 4) is 0 Å². The molecule has 2 rings (SSSR count). The molecule has 0 aliphatic rings. The van der Waals surface area contributed by atoms with E-state index >= 15 is 0 Å². The molecular weight excluding hydrogens is 309 g/mol. The van der Waals surface area contributed by atoms with E-state index in [1.165, 1.54) is 13.0 Å². The van der Waals surface area contributed by atoms with Crippen molar-refractivity contribution in [2.75, 3.05) is 17.2 Å². The average Bonchev–Trinajstić information content (AvgIpc) is 2.52. The lowest BCUT2D eigenvalue weighted by molar-refractivity contribution is -0.114. The molecule has 0 unspecified atom stereocenters. The lowest BCUT2D eigenvalue weighted by Crippen LogP contribution is -2.30. The molecule has 6 heteroatoms. The summed E-state index contributed by atoms with van der Waals surface area (Å²) in [7, 11) is 0. The van der Waals surface area contributed by atoms with E-state index < -0.39 is 0 Å². The molecule has 0 spiro atoms. The molecule has 2 aromatic carbocycles.